The van der Waals surface area contributed by atoms with Gasteiger partial charge >= 0.3 is 0 Å². The van der Waals surface area contributed by atoms with Crippen molar-refractivity contribution < 1.29 is 4.79 Å². The van der Waals surface area contributed by atoms with Crippen LogP contribution in [-0.2, 0) is 4.79 Å². The van der Waals surface area contributed by atoms with E-state index in [0.717, 1.165) is 22.5 Å². The van der Waals surface area contributed by atoms with Gasteiger partial charge in [-0.3, -0.25) is 4.79 Å². The molecule has 0 fully saturated rings. The standard InChI is InChI=1S/C18H22N2O/c1-12-8-10-16(11-9-12)19-15(4)18(21)20-17-13(2)6-5-7-14(17)3/h5-11,15,19H,1-4H3,(H,20,21)/t15-/m1/s1. The van der Waals surface area contributed by atoms with Crippen molar-refractivity contribution in [2.45, 2.75) is 33.7 Å². The smallest absolute Gasteiger partial charge is 0.246 e. The van der Waals surface area contributed by atoms with Crippen LogP contribution in [0.3, 0.4) is 0 Å². The monoisotopic (exact) mass is 282 g/mol. The molecular weight excluding hydrogens is 260 g/mol. The molecule has 110 valence electrons. The first-order chi connectivity index (χ1) is 9.97. The predicted molar refractivity (Wildman–Crippen MR) is 88.8 cm³/mol. The normalized spacial score (nSPS) is 11.8. The van der Waals surface area contributed by atoms with E-state index in [1.165, 1.54) is 5.56 Å². The van der Waals surface area contributed by atoms with Crippen molar-refractivity contribution in [2.75, 3.05) is 10.6 Å². The largest absolute Gasteiger partial charge is 0.374 e. The molecule has 2 aromatic carbocycles. The SMILES string of the molecule is Cc1ccc(N[C@H](C)C(=O)Nc2c(C)cccc2C)cc1. The Morgan fingerprint density at radius 1 is 0.952 bits per heavy atom. The molecule has 0 heterocycles. The van der Waals surface area contributed by atoms with Crippen LogP contribution in [0.15, 0.2) is 42.5 Å². The number of amides is 1. The number of benzene rings is 2. The highest BCUT2D eigenvalue weighted by molar-refractivity contribution is 5.97. The van der Waals surface area contributed by atoms with Crippen LogP contribution in [0.2, 0.25) is 0 Å². The maximum atomic E-state index is 12.3. The van der Waals surface area contributed by atoms with Crippen molar-refractivity contribution in [2.24, 2.45) is 0 Å². The van der Waals surface area contributed by atoms with Gasteiger partial charge in [0, 0.05) is 11.4 Å². The van der Waals surface area contributed by atoms with Crippen LogP contribution >= 0.6 is 0 Å². The van der Waals surface area contributed by atoms with Crippen LogP contribution in [0.1, 0.15) is 23.6 Å². The van der Waals surface area contributed by atoms with E-state index < -0.39 is 0 Å². The number of aryl methyl sites for hydroxylation is 3. The molecule has 1 amide bonds. The van der Waals surface area contributed by atoms with Crippen LogP contribution < -0.4 is 10.6 Å². The Kier molecular flexibility index (Phi) is 4.63. The molecule has 21 heavy (non-hydrogen) atoms. The molecule has 0 spiro atoms. The molecule has 3 nitrogen and oxygen atoms in total. The van der Waals surface area contributed by atoms with E-state index in [2.05, 4.69) is 10.6 Å². The number of anilines is 2. The average Bonchev–Trinajstić information content (AvgIpc) is 2.45. The van der Waals surface area contributed by atoms with E-state index in [-0.39, 0.29) is 11.9 Å². The Morgan fingerprint density at radius 3 is 2.10 bits per heavy atom. The predicted octanol–water partition coefficient (Wildman–Crippen LogP) is 4.05. The molecule has 1 atom stereocenters. The van der Waals surface area contributed by atoms with Crippen LogP contribution in [0.4, 0.5) is 11.4 Å². The Bertz CT molecular complexity index is 612. The van der Waals surface area contributed by atoms with Crippen LogP contribution in [0, 0.1) is 20.8 Å². The highest BCUT2D eigenvalue weighted by Crippen LogP contribution is 2.20. The molecule has 0 radical (unpaired) electrons. The lowest BCUT2D eigenvalue weighted by molar-refractivity contribution is -0.116. The lowest BCUT2D eigenvalue weighted by Gasteiger charge is -2.17. The van der Waals surface area contributed by atoms with Crippen molar-refractivity contribution in [1.29, 1.82) is 0 Å². The quantitative estimate of drug-likeness (QED) is 0.888. The topological polar surface area (TPSA) is 41.1 Å². The molecule has 2 N–H and O–H groups in total. The number of rotatable bonds is 4. The molecule has 0 aliphatic heterocycles. The molecule has 0 saturated carbocycles. The van der Waals surface area contributed by atoms with Gasteiger partial charge < -0.3 is 10.6 Å². The summed E-state index contributed by atoms with van der Waals surface area (Å²) < 4.78 is 0. The summed E-state index contributed by atoms with van der Waals surface area (Å²) in [5.74, 6) is -0.0343. The Hall–Kier alpha value is -2.29. The number of nitrogens with one attached hydrogen (secondary N) is 2. The number of carbonyl (C=O) groups excluding carboxylic acids is 1. The highest BCUT2D eigenvalue weighted by atomic mass is 16.2. The van der Waals surface area contributed by atoms with E-state index in [9.17, 15) is 4.79 Å². The first kappa shape index (κ1) is 15.1. The Balaban J connectivity index is 2.04. The molecule has 0 bridgehead atoms. The number of hydrogen-bond acceptors (Lipinski definition) is 2. The summed E-state index contributed by atoms with van der Waals surface area (Å²) in [6.45, 7) is 7.91. The minimum atomic E-state index is -0.299. The third-order valence-corrected chi connectivity index (χ3v) is 3.56. The van der Waals surface area contributed by atoms with Gasteiger partial charge in [-0.1, -0.05) is 35.9 Å². The zero-order chi connectivity index (χ0) is 15.4. The van der Waals surface area contributed by atoms with E-state index in [4.69, 9.17) is 0 Å². The van der Waals surface area contributed by atoms with E-state index in [0.29, 0.717) is 0 Å². The zero-order valence-electron chi connectivity index (χ0n) is 13.0. The van der Waals surface area contributed by atoms with Gasteiger partial charge in [0.1, 0.15) is 6.04 Å². The second-order valence-electron chi connectivity index (χ2n) is 5.49. The third kappa shape index (κ3) is 3.85. The molecule has 2 aromatic rings. The minimum Gasteiger partial charge on any atom is -0.374 e. The summed E-state index contributed by atoms with van der Waals surface area (Å²) in [5.41, 5.74) is 5.20. The first-order valence-corrected chi connectivity index (χ1v) is 7.17. The molecule has 0 aliphatic rings. The fourth-order valence-corrected chi connectivity index (χ4v) is 2.21. The fraction of sp³-hybridized carbons (Fsp3) is 0.278. The third-order valence-electron chi connectivity index (χ3n) is 3.56. The zero-order valence-corrected chi connectivity index (χ0v) is 13.0. The van der Waals surface area contributed by atoms with E-state index in [1.54, 1.807) is 0 Å². The molecule has 0 aromatic heterocycles. The van der Waals surface area contributed by atoms with E-state index >= 15 is 0 Å². The van der Waals surface area contributed by atoms with Gasteiger partial charge in [0.2, 0.25) is 5.91 Å². The molecule has 0 aliphatic carbocycles. The summed E-state index contributed by atoms with van der Waals surface area (Å²) in [7, 11) is 0. The Labute approximate surface area is 126 Å². The molecule has 0 saturated heterocycles. The summed E-state index contributed by atoms with van der Waals surface area (Å²) >= 11 is 0. The molecule has 0 unspecified atom stereocenters. The minimum absolute atomic E-state index is 0.0343. The number of carbonyl (C=O) groups is 1. The second-order valence-corrected chi connectivity index (χ2v) is 5.49. The van der Waals surface area contributed by atoms with Crippen LogP contribution in [0.25, 0.3) is 0 Å². The van der Waals surface area contributed by atoms with Crippen molar-refractivity contribution in [3.05, 3.63) is 59.2 Å². The van der Waals surface area contributed by atoms with Crippen molar-refractivity contribution in [3.8, 4) is 0 Å². The number of para-hydroxylation sites is 1. The van der Waals surface area contributed by atoms with Gasteiger partial charge in [0.25, 0.3) is 0 Å². The highest BCUT2D eigenvalue weighted by Gasteiger charge is 2.14. The van der Waals surface area contributed by atoms with Crippen LogP contribution in [-0.4, -0.2) is 11.9 Å². The lowest BCUT2D eigenvalue weighted by Crippen LogP contribution is -2.32. The van der Waals surface area contributed by atoms with Crippen molar-refractivity contribution in [3.63, 3.8) is 0 Å². The summed E-state index contributed by atoms with van der Waals surface area (Å²) in [6.07, 6.45) is 0. The lowest BCUT2D eigenvalue weighted by atomic mass is 10.1. The van der Waals surface area contributed by atoms with Crippen molar-refractivity contribution in [1.82, 2.24) is 0 Å². The maximum Gasteiger partial charge on any atom is 0.246 e. The van der Waals surface area contributed by atoms with Crippen molar-refractivity contribution >= 4 is 17.3 Å². The Morgan fingerprint density at radius 2 is 1.52 bits per heavy atom. The summed E-state index contributed by atoms with van der Waals surface area (Å²) in [4.78, 5) is 12.3. The van der Waals surface area contributed by atoms with Gasteiger partial charge in [0.15, 0.2) is 0 Å². The second kappa shape index (κ2) is 6.44. The van der Waals surface area contributed by atoms with Crippen LogP contribution in [0.5, 0.6) is 0 Å². The number of hydrogen-bond donors (Lipinski definition) is 2. The summed E-state index contributed by atoms with van der Waals surface area (Å²) in [6, 6.07) is 13.7. The average molecular weight is 282 g/mol. The maximum absolute atomic E-state index is 12.3. The van der Waals surface area contributed by atoms with Gasteiger partial charge in [-0.05, 0) is 51.0 Å². The van der Waals surface area contributed by atoms with Gasteiger partial charge in [-0.15, -0.1) is 0 Å². The molecule has 2 rings (SSSR count). The molecular formula is C18H22N2O. The molecule has 3 heteroatoms. The van der Waals surface area contributed by atoms with Gasteiger partial charge in [-0.2, -0.15) is 0 Å². The summed E-state index contributed by atoms with van der Waals surface area (Å²) in [5, 5.41) is 6.22. The fourth-order valence-electron chi connectivity index (χ4n) is 2.21. The van der Waals surface area contributed by atoms with Gasteiger partial charge in [-0.25, -0.2) is 0 Å². The van der Waals surface area contributed by atoms with E-state index in [1.807, 2.05) is 70.2 Å². The first-order valence-electron chi connectivity index (χ1n) is 7.17. The van der Waals surface area contributed by atoms with Gasteiger partial charge in [0.05, 0.1) is 0 Å².